The first-order valence-electron chi connectivity index (χ1n) is 6.85. The Morgan fingerprint density at radius 2 is 1.90 bits per heavy atom. The number of carbonyl (C=O) groups is 1. The lowest BCUT2D eigenvalue weighted by Gasteiger charge is -2.31. The van der Waals surface area contributed by atoms with Crippen molar-refractivity contribution in [2.45, 2.75) is 37.6 Å². The molecular weight excluding hydrogens is 274 g/mol. The van der Waals surface area contributed by atoms with Gasteiger partial charge in [0.1, 0.15) is 5.54 Å². The fourth-order valence-electron chi connectivity index (χ4n) is 2.48. The zero-order valence-corrected chi connectivity index (χ0v) is 12.0. The molecule has 0 saturated heterocycles. The predicted molar refractivity (Wildman–Crippen MR) is 79.5 cm³/mol. The lowest BCUT2D eigenvalue weighted by Crippen LogP contribution is -2.50. The molecule has 1 aromatic rings. The third kappa shape index (κ3) is 3.88. The Hall–Kier alpha value is -1.73. The lowest BCUT2D eigenvalue weighted by molar-refractivity contribution is -0.121. The van der Waals surface area contributed by atoms with E-state index in [4.69, 9.17) is 11.6 Å². The minimum absolute atomic E-state index is 0.150. The van der Waals surface area contributed by atoms with E-state index in [9.17, 15) is 10.1 Å². The molecule has 0 atom stereocenters. The third-order valence-corrected chi connectivity index (χ3v) is 3.85. The van der Waals surface area contributed by atoms with Crippen molar-refractivity contribution in [3.05, 3.63) is 29.3 Å². The van der Waals surface area contributed by atoms with Crippen molar-refractivity contribution in [2.24, 2.45) is 0 Å². The normalized spacial score (nSPS) is 17.0. The van der Waals surface area contributed by atoms with Gasteiger partial charge in [-0.2, -0.15) is 5.26 Å². The maximum absolute atomic E-state index is 12.0. The molecule has 1 saturated carbocycles. The number of rotatable bonds is 4. The molecule has 0 aromatic heterocycles. The Morgan fingerprint density at radius 1 is 1.25 bits per heavy atom. The molecule has 0 unspecified atom stereocenters. The molecule has 106 valence electrons. The first-order valence-corrected chi connectivity index (χ1v) is 7.23. The van der Waals surface area contributed by atoms with Crippen molar-refractivity contribution >= 4 is 23.2 Å². The third-order valence-electron chi connectivity index (χ3n) is 3.60. The van der Waals surface area contributed by atoms with E-state index in [1.165, 1.54) is 0 Å². The second kappa shape index (κ2) is 6.62. The molecule has 1 aliphatic carbocycles. The van der Waals surface area contributed by atoms with Crippen LogP contribution >= 0.6 is 11.6 Å². The topological polar surface area (TPSA) is 64.9 Å². The molecule has 20 heavy (non-hydrogen) atoms. The summed E-state index contributed by atoms with van der Waals surface area (Å²) in [5.41, 5.74) is 0.163. The standard InChI is InChI=1S/C15H18ClN3O/c16-12-4-6-13(7-5-12)18-10-14(20)19-15(11-17)8-2-1-3-9-15/h4-7,18H,1-3,8-10H2,(H,19,20). The molecule has 0 bridgehead atoms. The minimum atomic E-state index is -0.670. The molecule has 2 rings (SSSR count). The van der Waals surface area contributed by atoms with Gasteiger partial charge in [-0.05, 0) is 37.1 Å². The summed E-state index contributed by atoms with van der Waals surface area (Å²) in [4.78, 5) is 12.0. The molecule has 4 nitrogen and oxygen atoms in total. The second-order valence-electron chi connectivity index (χ2n) is 5.16. The van der Waals surface area contributed by atoms with Gasteiger partial charge >= 0.3 is 0 Å². The van der Waals surface area contributed by atoms with Gasteiger partial charge in [0.05, 0.1) is 12.6 Å². The van der Waals surface area contributed by atoms with Crippen LogP contribution in [-0.4, -0.2) is 18.0 Å². The number of anilines is 1. The Morgan fingerprint density at radius 3 is 2.50 bits per heavy atom. The van der Waals surface area contributed by atoms with E-state index in [-0.39, 0.29) is 12.5 Å². The van der Waals surface area contributed by atoms with Crippen LogP contribution in [0.2, 0.25) is 5.02 Å². The Balaban J connectivity index is 1.85. The molecule has 1 amide bonds. The smallest absolute Gasteiger partial charge is 0.240 e. The molecular formula is C15H18ClN3O. The second-order valence-corrected chi connectivity index (χ2v) is 5.60. The van der Waals surface area contributed by atoms with Crippen molar-refractivity contribution < 1.29 is 4.79 Å². The average Bonchev–Trinajstić information content (AvgIpc) is 2.47. The molecule has 0 spiro atoms. The Labute approximate surface area is 124 Å². The summed E-state index contributed by atoms with van der Waals surface area (Å²) >= 11 is 5.80. The maximum atomic E-state index is 12.0. The summed E-state index contributed by atoms with van der Waals surface area (Å²) in [7, 11) is 0. The molecule has 0 heterocycles. The maximum Gasteiger partial charge on any atom is 0.240 e. The summed E-state index contributed by atoms with van der Waals surface area (Å²) < 4.78 is 0. The van der Waals surface area contributed by atoms with Crippen LogP contribution in [0.4, 0.5) is 5.69 Å². The van der Waals surface area contributed by atoms with E-state index in [0.29, 0.717) is 5.02 Å². The van der Waals surface area contributed by atoms with Gasteiger partial charge in [0.2, 0.25) is 5.91 Å². The van der Waals surface area contributed by atoms with Crippen LogP contribution in [0.3, 0.4) is 0 Å². The molecule has 5 heteroatoms. The van der Waals surface area contributed by atoms with Gasteiger partial charge < -0.3 is 10.6 Å². The van der Waals surface area contributed by atoms with Gasteiger partial charge in [-0.25, -0.2) is 0 Å². The summed E-state index contributed by atoms with van der Waals surface area (Å²) in [5, 5.41) is 15.9. The minimum Gasteiger partial charge on any atom is -0.376 e. The Bertz CT molecular complexity index is 501. The number of halogens is 1. The number of nitriles is 1. The number of carbonyl (C=O) groups excluding carboxylic acids is 1. The number of hydrogen-bond donors (Lipinski definition) is 2. The van der Waals surface area contributed by atoms with Crippen LogP contribution in [0.15, 0.2) is 24.3 Å². The van der Waals surface area contributed by atoms with Crippen molar-refractivity contribution in [1.29, 1.82) is 5.26 Å². The van der Waals surface area contributed by atoms with Crippen LogP contribution in [0.25, 0.3) is 0 Å². The van der Waals surface area contributed by atoms with Crippen LogP contribution in [0, 0.1) is 11.3 Å². The van der Waals surface area contributed by atoms with Crippen molar-refractivity contribution in [3.8, 4) is 6.07 Å². The zero-order valence-electron chi connectivity index (χ0n) is 11.3. The van der Waals surface area contributed by atoms with Crippen LogP contribution in [-0.2, 0) is 4.79 Å². The quantitative estimate of drug-likeness (QED) is 0.896. The first-order chi connectivity index (χ1) is 9.63. The van der Waals surface area contributed by atoms with E-state index in [1.807, 2.05) is 12.1 Å². The van der Waals surface area contributed by atoms with Gasteiger partial charge in [-0.3, -0.25) is 4.79 Å². The van der Waals surface area contributed by atoms with E-state index in [1.54, 1.807) is 12.1 Å². The highest BCUT2D eigenvalue weighted by molar-refractivity contribution is 6.30. The molecule has 0 aliphatic heterocycles. The zero-order chi connectivity index (χ0) is 14.4. The number of amides is 1. The highest BCUT2D eigenvalue weighted by atomic mass is 35.5. The van der Waals surface area contributed by atoms with Gasteiger partial charge in [0, 0.05) is 10.7 Å². The highest BCUT2D eigenvalue weighted by Gasteiger charge is 2.33. The van der Waals surface area contributed by atoms with E-state index < -0.39 is 5.54 Å². The fourth-order valence-corrected chi connectivity index (χ4v) is 2.61. The molecule has 1 fully saturated rings. The van der Waals surface area contributed by atoms with E-state index in [0.717, 1.165) is 37.8 Å². The van der Waals surface area contributed by atoms with E-state index in [2.05, 4.69) is 16.7 Å². The molecule has 2 N–H and O–H groups in total. The number of hydrogen-bond acceptors (Lipinski definition) is 3. The largest absolute Gasteiger partial charge is 0.376 e. The van der Waals surface area contributed by atoms with Gasteiger partial charge in [0.15, 0.2) is 0 Å². The number of benzene rings is 1. The lowest BCUT2D eigenvalue weighted by atomic mass is 9.83. The average molecular weight is 292 g/mol. The summed E-state index contributed by atoms with van der Waals surface area (Å²) in [6.45, 7) is 0.158. The van der Waals surface area contributed by atoms with Crippen molar-refractivity contribution in [1.82, 2.24) is 5.32 Å². The van der Waals surface area contributed by atoms with Crippen LogP contribution in [0.5, 0.6) is 0 Å². The monoisotopic (exact) mass is 291 g/mol. The first kappa shape index (κ1) is 14.7. The van der Waals surface area contributed by atoms with Crippen LogP contribution in [0.1, 0.15) is 32.1 Å². The SMILES string of the molecule is N#CC1(NC(=O)CNc2ccc(Cl)cc2)CCCCC1. The highest BCUT2D eigenvalue weighted by Crippen LogP contribution is 2.27. The van der Waals surface area contributed by atoms with Crippen LogP contribution < -0.4 is 10.6 Å². The van der Waals surface area contributed by atoms with Gasteiger partial charge in [-0.1, -0.05) is 30.9 Å². The number of nitrogens with zero attached hydrogens (tertiary/aromatic N) is 1. The molecule has 1 aliphatic rings. The predicted octanol–water partition coefficient (Wildman–Crippen LogP) is 3.09. The molecule has 0 radical (unpaired) electrons. The van der Waals surface area contributed by atoms with Gasteiger partial charge in [-0.15, -0.1) is 0 Å². The van der Waals surface area contributed by atoms with Crippen molar-refractivity contribution in [3.63, 3.8) is 0 Å². The Kier molecular flexibility index (Phi) is 4.86. The fraction of sp³-hybridized carbons (Fsp3) is 0.467. The summed E-state index contributed by atoms with van der Waals surface area (Å²) in [6, 6.07) is 9.44. The molecule has 1 aromatic carbocycles. The van der Waals surface area contributed by atoms with Crippen molar-refractivity contribution in [2.75, 3.05) is 11.9 Å². The summed E-state index contributed by atoms with van der Waals surface area (Å²) in [6.07, 6.45) is 4.63. The van der Waals surface area contributed by atoms with E-state index >= 15 is 0 Å². The number of nitrogens with one attached hydrogen (secondary N) is 2. The van der Waals surface area contributed by atoms with Gasteiger partial charge in [0.25, 0.3) is 0 Å². The summed E-state index contributed by atoms with van der Waals surface area (Å²) in [5.74, 6) is -0.150.